The molecule has 9 heteroatoms. The number of aromatic hydroxyl groups is 1. The second-order valence-electron chi connectivity index (χ2n) is 3.46. The first-order valence-corrected chi connectivity index (χ1v) is 5.16. The fourth-order valence-corrected chi connectivity index (χ4v) is 1.28. The topological polar surface area (TPSA) is 139 Å². The number of rotatable bonds is 5. The molecule has 0 radical (unpaired) electrons. The van der Waals surface area contributed by atoms with Crippen molar-refractivity contribution in [3.63, 3.8) is 0 Å². The molecule has 0 aliphatic heterocycles. The molecule has 0 aliphatic rings. The molecule has 9 nitrogen and oxygen atoms in total. The van der Waals surface area contributed by atoms with Crippen molar-refractivity contribution in [3.8, 4) is 5.75 Å². The highest BCUT2D eigenvalue weighted by atomic mass is 16.6. The summed E-state index contributed by atoms with van der Waals surface area (Å²) in [5.41, 5.74) is -1.66. The number of hydrogen-bond donors (Lipinski definition) is 3. The zero-order chi connectivity index (χ0) is 15.3. The van der Waals surface area contributed by atoms with Gasteiger partial charge in [-0.3, -0.25) is 15.4 Å². The molecule has 0 saturated carbocycles. The van der Waals surface area contributed by atoms with Gasteiger partial charge in [0, 0.05) is 12.1 Å². The number of ether oxygens (including phenoxy) is 1. The molecule has 0 unspecified atom stereocenters. The number of nitrogens with one attached hydrogen (secondary N) is 1. The number of nitro groups is 1. The molecule has 1 aromatic carbocycles. The Morgan fingerprint density at radius 3 is 2.65 bits per heavy atom. The van der Waals surface area contributed by atoms with Gasteiger partial charge in [-0.2, -0.15) is 0 Å². The average Bonchev–Trinajstić information content (AvgIpc) is 2.35. The maximum Gasteiger partial charge on any atom is 0.411 e. The summed E-state index contributed by atoms with van der Waals surface area (Å²) >= 11 is 0. The molecule has 0 aliphatic carbocycles. The van der Waals surface area contributed by atoms with Crippen LogP contribution in [-0.2, 0) is 4.74 Å². The average molecular weight is 282 g/mol. The summed E-state index contributed by atoms with van der Waals surface area (Å²) in [6.45, 7) is 3.21. The number of anilines is 1. The number of phenolic OH excluding ortho intramolecular Hbond substituents is 1. The molecule has 1 aromatic rings. The van der Waals surface area contributed by atoms with Crippen LogP contribution in [0, 0.1) is 10.1 Å². The molecule has 0 atom stereocenters. The number of carbonyl (C=O) groups is 2. The van der Waals surface area contributed by atoms with E-state index in [4.69, 9.17) is 5.11 Å². The minimum absolute atomic E-state index is 0.104. The monoisotopic (exact) mass is 282 g/mol. The van der Waals surface area contributed by atoms with Gasteiger partial charge in [-0.1, -0.05) is 12.7 Å². The van der Waals surface area contributed by atoms with Crippen LogP contribution in [0.1, 0.15) is 10.4 Å². The number of nitro benzene ring substituents is 1. The SMILES string of the molecule is C=CCOC(=O)Nc1cc(O)c([N+](=O)[O-])cc1C(=O)O. The predicted octanol–water partition coefficient (Wildman–Crippen LogP) is 1.73. The van der Waals surface area contributed by atoms with Gasteiger partial charge in [-0.05, 0) is 0 Å². The summed E-state index contributed by atoms with van der Waals surface area (Å²) in [5.74, 6) is -2.29. The first-order valence-electron chi connectivity index (χ1n) is 5.16. The van der Waals surface area contributed by atoms with Crippen molar-refractivity contribution < 1.29 is 29.5 Å². The molecule has 0 fully saturated rings. The summed E-state index contributed by atoms with van der Waals surface area (Å²) in [6.07, 6.45) is 0.311. The van der Waals surface area contributed by atoms with Crippen molar-refractivity contribution in [3.05, 3.63) is 40.5 Å². The quantitative estimate of drug-likeness (QED) is 0.424. The van der Waals surface area contributed by atoms with Crippen LogP contribution in [0.25, 0.3) is 0 Å². The van der Waals surface area contributed by atoms with Gasteiger partial charge in [0.15, 0.2) is 5.75 Å². The van der Waals surface area contributed by atoms with Crippen LogP contribution < -0.4 is 5.32 Å². The van der Waals surface area contributed by atoms with Crippen molar-refractivity contribution in [2.24, 2.45) is 0 Å². The van der Waals surface area contributed by atoms with Crippen LogP contribution in [0.3, 0.4) is 0 Å². The van der Waals surface area contributed by atoms with Crippen molar-refractivity contribution >= 4 is 23.4 Å². The van der Waals surface area contributed by atoms with Crippen molar-refractivity contribution in [2.45, 2.75) is 0 Å². The fourth-order valence-electron chi connectivity index (χ4n) is 1.28. The molecular formula is C11H10N2O7. The van der Waals surface area contributed by atoms with Gasteiger partial charge in [0.25, 0.3) is 0 Å². The van der Waals surface area contributed by atoms with Gasteiger partial charge < -0.3 is 14.9 Å². The van der Waals surface area contributed by atoms with Crippen LogP contribution in [-0.4, -0.2) is 33.8 Å². The molecule has 0 saturated heterocycles. The van der Waals surface area contributed by atoms with E-state index in [0.717, 1.165) is 6.07 Å². The molecule has 0 spiro atoms. The lowest BCUT2D eigenvalue weighted by Crippen LogP contribution is -2.16. The highest BCUT2D eigenvalue weighted by Gasteiger charge is 2.22. The molecule has 0 heterocycles. The van der Waals surface area contributed by atoms with Gasteiger partial charge in [-0.15, -0.1) is 0 Å². The highest BCUT2D eigenvalue weighted by Crippen LogP contribution is 2.32. The predicted molar refractivity (Wildman–Crippen MR) is 66.9 cm³/mol. The van der Waals surface area contributed by atoms with E-state index in [9.17, 15) is 24.8 Å². The maximum atomic E-state index is 11.3. The third-order valence-electron chi connectivity index (χ3n) is 2.11. The minimum Gasteiger partial charge on any atom is -0.502 e. The number of hydrogen-bond acceptors (Lipinski definition) is 6. The Labute approximate surface area is 112 Å². The lowest BCUT2D eigenvalue weighted by atomic mass is 10.1. The summed E-state index contributed by atoms with van der Waals surface area (Å²) < 4.78 is 4.57. The van der Waals surface area contributed by atoms with E-state index in [2.05, 4.69) is 16.6 Å². The lowest BCUT2D eigenvalue weighted by molar-refractivity contribution is -0.385. The molecular weight excluding hydrogens is 272 g/mol. The Morgan fingerprint density at radius 1 is 1.50 bits per heavy atom. The van der Waals surface area contributed by atoms with E-state index in [1.54, 1.807) is 0 Å². The van der Waals surface area contributed by atoms with E-state index in [0.29, 0.717) is 6.07 Å². The molecule has 3 N–H and O–H groups in total. The third kappa shape index (κ3) is 3.45. The van der Waals surface area contributed by atoms with Crippen LogP contribution in [0.2, 0.25) is 0 Å². The van der Waals surface area contributed by atoms with E-state index in [1.165, 1.54) is 6.08 Å². The Bertz CT molecular complexity index is 582. The summed E-state index contributed by atoms with van der Waals surface area (Å²) in [7, 11) is 0. The van der Waals surface area contributed by atoms with Gasteiger partial charge in [0.05, 0.1) is 16.2 Å². The minimum atomic E-state index is -1.51. The van der Waals surface area contributed by atoms with Crippen molar-refractivity contribution in [1.29, 1.82) is 0 Å². The number of phenols is 1. The zero-order valence-electron chi connectivity index (χ0n) is 10.0. The van der Waals surface area contributed by atoms with Crippen LogP contribution in [0.4, 0.5) is 16.2 Å². The Morgan fingerprint density at radius 2 is 2.15 bits per heavy atom. The summed E-state index contributed by atoms with van der Waals surface area (Å²) in [5, 5.41) is 31.0. The number of carbonyl (C=O) groups excluding carboxylic acids is 1. The second kappa shape index (κ2) is 6.18. The van der Waals surface area contributed by atoms with Crippen LogP contribution >= 0.6 is 0 Å². The largest absolute Gasteiger partial charge is 0.502 e. The fraction of sp³-hybridized carbons (Fsp3) is 0.0909. The van der Waals surface area contributed by atoms with Crippen LogP contribution in [0.5, 0.6) is 5.75 Å². The van der Waals surface area contributed by atoms with Gasteiger partial charge >= 0.3 is 17.7 Å². The highest BCUT2D eigenvalue weighted by molar-refractivity contribution is 6.00. The number of benzene rings is 1. The van der Waals surface area contributed by atoms with Gasteiger partial charge in [-0.25, -0.2) is 9.59 Å². The zero-order valence-corrected chi connectivity index (χ0v) is 10.0. The van der Waals surface area contributed by atoms with E-state index in [1.807, 2.05) is 0 Å². The molecule has 1 amide bonds. The maximum absolute atomic E-state index is 11.3. The molecule has 0 aromatic heterocycles. The first kappa shape index (κ1) is 15.0. The van der Waals surface area contributed by atoms with Crippen molar-refractivity contribution in [1.82, 2.24) is 0 Å². The summed E-state index contributed by atoms with van der Waals surface area (Å²) in [4.78, 5) is 31.9. The number of aromatic carboxylic acids is 1. The lowest BCUT2D eigenvalue weighted by Gasteiger charge is -2.09. The first-order chi connectivity index (χ1) is 9.36. The Balaban J connectivity index is 3.15. The Kier molecular flexibility index (Phi) is 4.62. The Hall–Kier alpha value is -3.10. The second-order valence-corrected chi connectivity index (χ2v) is 3.46. The number of nitrogens with zero attached hydrogens (tertiary/aromatic N) is 1. The molecule has 20 heavy (non-hydrogen) atoms. The van der Waals surface area contributed by atoms with E-state index >= 15 is 0 Å². The van der Waals surface area contributed by atoms with Crippen LogP contribution in [0.15, 0.2) is 24.8 Å². The van der Waals surface area contributed by atoms with E-state index in [-0.39, 0.29) is 12.3 Å². The molecule has 106 valence electrons. The standard InChI is InChI=1S/C11H10N2O7/c1-2-3-20-11(17)12-7-5-9(14)8(13(18)19)4-6(7)10(15)16/h2,4-5,14H,1,3H2,(H,12,17)(H,15,16). The number of carboxylic acids is 1. The van der Waals surface area contributed by atoms with Gasteiger partial charge in [0.2, 0.25) is 0 Å². The normalized spacial score (nSPS) is 9.60. The third-order valence-corrected chi connectivity index (χ3v) is 2.11. The van der Waals surface area contributed by atoms with E-state index < -0.39 is 34.0 Å². The molecule has 1 rings (SSSR count). The molecule has 0 bridgehead atoms. The van der Waals surface area contributed by atoms with Gasteiger partial charge in [0.1, 0.15) is 6.61 Å². The number of carboxylic acid groups (broad SMARTS) is 1. The summed E-state index contributed by atoms with van der Waals surface area (Å²) in [6, 6.07) is 1.40. The van der Waals surface area contributed by atoms with Crippen molar-refractivity contribution in [2.75, 3.05) is 11.9 Å². The smallest absolute Gasteiger partial charge is 0.411 e. The number of amides is 1.